The summed E-state index contributed by atoms with van der Waals surface area (Å²) in [6, 6.07) is 8.48. The van der Waals surface area contributed by atoms with Crippen LogP contribution in [0.15, 0.2) is 24.3 Å². The first-order chi connectivity index (χ1) is 9.15. The Kier molecular flexibility index (Phi) is 8.10. The zero-order valence-electron chi connectivity index (χ0n) is 11.6. The normalized spacial score (nSPS) is 12.3. The van der Waals surface area contributed by atoms with Crippen LogP contribution in [0.3, 0.4) is 0 Å². The van der Waals surface area contributed by atoms with Gasteiger partial charge in [-0.15, -0.1) is 0 Å². The number of aliphatic carboxylic acids is 1. The predicted molar refractivity (Wildman–Crippen MR) is 87.6 cm³/mol. The highest BCUT2D eigenvalue weighted by molar-refractivity contribution is 14.1. The molecule has 0 saturated carbocycles. The van der Waals surface area contributed by atoms with Crippen molar-refractivity contribution in [1.29, 1.82) is 0 Å². The fraction of sp³-hybridized carbons (Fsp3) is 0.562. The van der Waals surface area contributed by atoms with Gasteiger partial charge in [-0.1, -0.05) is 92.3 Å². The van der Waals surface area contributed by atoms with Gasteiger partial charge in [0.1, 0.15) is 3.92 Å². The minimum absolute atomic E-state index is 0.191. The molecule has 1 N–H and O–H groups in total. The molecule has 3 heteroatoms. The number of carboxylic acid groups (broad SMARTS) is 1. The Hall–Kier alpha value is -0.580. The van der Waals surface area contributed by atoms with E-state index in [9.17, 15) is 4.79 Å². The van der Waals surface area contributed by atoms with Crippen LogP contribution in [-0.2, 0) is 4.79 Å². The summed E-state index contributed by atoms with van der Waals surface area (Å²) in [5.41, 5.74) is 0. The summed E-state index contributed by atoms with van der Waals surface area (Å²) >= 11 is 2.00. The van der Waals surface area contributed by atoms with Crippen LogP contribution in [0, 0.1) is 10.4 Å². The number of halogens is 1. The lowest BCUT2D eigenvalue weighted by Crippen LogP contribution is -2.11. The predicted octanol–water partition coefficient (Wildman–Crippen LogP) is 4.91. The van der Waals surface area contributed by atoms with Crippen molar-refractivity contribution in [2.24, 2.45) is 0 Å². The molecule has 0 fully saturated rings. The number of rotatable bonds is 8. The van der Waals surface area contributed by atoms with E-state index >= 15 is 0 Å². The summed E-state index contributed by atoms with van der Waals surface area (Å²) in [6.07, 6.45) is 8.21. The van der Waals surface area contributed by atoms with Gasteiger partial charge in [0.2, 0.25) is 0 Å². The largest absolute Gasteiger partial charge is 0.480 e. The van der Waals surface area contributed by atoms with Gasteiger partial charge in [0, 0.05) is 0 Å². The average molecular weight is 374 g/mol. The molecule has 19 heavy (non-hydrogen) atoms. The van der Waals surface area contributed by atoms with E-state index in [1.54, 1.807) is 0 Å². The molecule has 0 aromatic carbocycles. The topological polar surface area (TPSA) is 37.3 Å². The second-order valence-electron chi connectivity index (χ2n) is 4.94. The standard InChI is InChI=1S/C10H19IO2.C6H4/c1-2-3-4-5-6-7-8-9(11)10(12)13;1-2-6-4-3-5(1)6/h9H,2-8H2,1H3,(H,12,13);1-4H. The molecule has 2 aliphatic carbocycles. The molecule has 0 aliphatic heterocycles. The van der Waals surface area contributed by atoms with Gasteiger partial charge in [-0.2, -0.15) is 0 Å². The molecule has 0 spiro atoms. The highest BCUT2D eigenvalue weighted by Crippen LogP contribution is 2.13. The van der Waals surface area contributed by atoms with E-state index < -0.39 is 5.97 Å². The maximum Gasteiger partial charge on any atom is 0.316 e. The molecule has 0 aromatic heterocycles. The molecular weight excluding hydrogens is 351 g/mol. The van der Waals surface area contributed by atoms with Crippen molar-refractivity contribution in [1.82, 2.24) is 0 Å². The summed E-state index contributed by atoms with van der Waals surface area (Å²) in [5, 5.41) is 11.5. The van der Waals surface area contributed by atoms with E-state index in [0.717, 1.165) is 12.8 Å². The van der Waals surface area contributed by atoms with Crippen molar-refractivity contribution < 1.29 is 9.90 Å². The molecule has 0 amide bonds. The second-order valence-corrected chi connectivity index (χ2v) is 6.44. The van der Waals surface area contributed by atoms with Gasteiger partial charge in [-0.05, 0) is 16.9 Å². The van der Waals surface area contributed by atoms with Gasteiger partial charge in [0.05, 0.1) is 0 Å². The van der Waals surface area contributed by atoms with Crippen molar-refractivity contribution in [3.8, 4) is 0 Å². The van der Waals surface area contributed by atoms with Crippen LogP contribution in [0.25, 0.3) is 0 Å². The quantitative estimate of drug-likeness (QED) is 0.405. The molecule has 0 aromatic rings. The minimum atomic E-state index is -0.672. The van der Waals surface area contributed by atoms with E-state index in [-0.39, 0.29) is 3.92 Å². The summed E-state index contributed by atoms with van der Waals surface area (Å²) in [4.78, 5) is 10.5. The van der Waals surface area contributed by atoms with E-state index in [4.69, 9.17) is 5.11 Å². The molecule has 1 unspecified atom stereocenters. The Morgan fingerprint density at radius 1 is 1.05 bits per heavy atom. The maximum atomic E-state index is 10.5. The smallest absolute Gasteiger partial charge is 0.316 e. The third kappa shape index (κ3) is 6.41. The van der Waals surface area contributed by atoms with Crippen LogP contribution in [0.4, 0.5) is 0 Å². The van der Waals surface area contributed by atoms with E-state index in [1.165, 1.54) is 42.5 Å². The van der Waals surface area contributed by atoms with Crippen molar-refractivity contribution >= 4 is 28.6 Å². The number of carboxylic acids is 1. The van der Waals surface area contributed by atoms with Gasteiger partial charge in [-0.25, -0.2) is 0 Å². The molecule has 0 bridgehead atoms. The first kappa shape index (κ1) is 16.5. The highest BCUT2D eigenvalue weighted by atomic mass is 127. The minimum Gasteiger partial charge on any atom is -0.480 e. The molecule has 0 saturated heterocycles. The molecule has 2 aliphatic rings. The summed E-state index contributed by atoms with van der Waals surface area (Å²) in [7, 11) is 0. The van der Waals surface area contributed by atoms with Crippen LogP contribution < -0.4 is 0 Å². The molecule has 0 heterocycles. The van der Waals surface area contributed by atoms with Crippen LogP contribution in [-0.4, -0.2) is 15.0 Å². The second kappa shape index (κ2) is 9.34. The Morgan fingerprint density at radius 3 is 1.89 bits per heavy atom. The number of unbranched alkanes of at least 4 members (excludes halogenated alkanes) is 5. The zero-order chi connectivity index (χ0) is 14.1. The van der Waals surface area contributed by atoms with Crippen molar-refractivity contribution in [2.75, 3.05) is 0 Å². The fourth-order valence-electron chi connectivity index (χ4n) is 1.89. The first-order valence-electron chi connectivity index (χ1n) is 7.12. The first-order valence-corrected chi connectivity index (χ1v) is 8.37. The lowest BCUT2D eigenvalue weighted by molar-refractivity contribution is -0.136. The van der Waals surface area contributed by atoms with Gasteiger partial charge in [-0.3, -0.25) is 4.79 Å². The number of benzene rings is 1. The average Bonchev–Trinajstić information content (AvgIpc) is 2.38. The van der Waals surface area contributed by atoms with Crippen LogP contribution in [0.5, 0.6) is 0 Å². The van der Waals surface area contributed by atoms with Crippen LogP contribution in [0.2, 0.25) is 0 Å². The Morgan fingerprint density at radius 2 is 1.53 bits per heavy atom. The lowest BCUT2D eigenvalue weighted by Gasteiger charge is -2.03. The van der Waals surface area contributed by atoms with Crippen LogP contribution >= 0.6 is 22.6 Å². The summed E-state index contributed by atoms with van der Waals surface area (Å²) in [5.74, 6) is -0.672. The molecule has 1 atom stereocenters. The molecule has 0 radical (unpaired) electrons. The Bertz CT molecular complexity index is 420. The van der Waals surface area contributed by atoms with Gasteiger partial charge >= 0.3 is 5.97 Å². The SMILES string of the molecule is CCCCCCCCC(I)C(=O)O.c1cc2ccc1=2. The Labute approximate surface area is 129 Å². The van der Waals surface area contributed by atoms with Crippen molar-refractivity contribution in [3.05, 3.63) is 34.7 Å². The number of hydrogen-bond donors (Lipinski definition) is 1. The number of carbonyl (C=O) groups is 1. The zero-order valence-corrected chi connectivity index (χ0v) is 13.7. The molecule has 2 rings (SSSR count). The van der Waals surface area contributed by atoms with Gasteiger partial charge < -0.3 is 5.11 Å². The number of alkyl halides is 1. The molecular formula is C16H23IO2. The monoisotopic (exact) mass is 374 g/mol. The number of hydrogen-bond acceptors (Lipinski definition) is 1. The van der Waals surface area contributed by atoms with Crippen molar-refractivity contribution in [2.45, 2.75) is 55.8 Å². The van der Waals surface area contributed by atoms with Crippen LogP contribution in [0.1, 0.15) is 51.9 Å². The highest BCUT2D eigenvalue weighted by Gasteiger charge is 2.11. The third-order valence-corrected chi connectivity index (χ3v) is 4.45. The third-order valence-electron chi connectivity index (χ3n) is 3.30. The maximum absolute atomic E-state index is 10.5. The van der Waals surface area contributed by atoms with Gasteiger partial charge in [0.15, 0.2) is 0 Å². The fourth-order valence-corrected chi connectivity index (χ4v) is 2.33. The molecule has 106 valence electrons. The van der Waals surface area contributed by atoms with E-state index in [1.807, 2.05) is 22.6 Å². The summed E-state index contributed by atoms with van der Waals surface area (Å²) in [6.45, 7) is 2.20. The van der Waals surface area contributed by atoms with E-state index in [0.29, 0.717) is 0 Å². The summed E-state index contributed by atoms with van der Waals surface area (Å²) < 4.78 is -0.191. The van der Waals surface area contributed by atoms with Crippen molar-refractivity contribution in [3.63, 3.8) is 0 Å². The Balaban J connectivity index is 0.000000241. The lowest BCUT2D eigenvalue weighted by atomic mass is 10.1. The van der Waals surface area contributed by atoms with E-state index in [2.05, 4.69) is 31.2 Å². The van der Waals surface area contributed by atoms with Gasteiger partial charge in [0.25, 0.3) is 0 Å². The molecule has 2 nitrogen and oxygen atoms in total.